The normalized spacial score (nSPS) is 25.4. The van der Waals surface area contributed by atoms with E-state index >= 15 is 0 Å². The molecule has 2 aliphatic heterocycles. The molecule has 0 bridgehead atoms. The van der Waals surface area contributed by atoms with E-state index in [-0.39, 0.29) is 11.0 Å². The van der Waals surface area contributed by atoms with Crippen molar-refractivity contribution in [2.75, 3.05) is 26.4 Å². The Morgan fingerprint density at radius 3 is 2.83 bits per heavy atom. The molecule has 1 saturated carbocycles. The Bertz CT molecular complexity index is 819. The minimum absolute atomic E-state index is 0.0772. The molecule has 3 aliphatic rings. The Morgan fingerprint density at radius 2 is 1.97 bits per heavy atom. The first-order valence-electron chi connectivity index (χ1n) is 10.9. The highest BCUT2D eigenvalue weighted by molar-refractivity contribution is 7.10. The highest BCUT2D eigenvalue weighted by Crippen LogP contribution is 2.49. The van der Waals surface area contributed by atoms with Crippen molar-refractivity contribution in [3.8, 4) is 11.5 Å². The summed E-state index contributed by atoms with van der Waals surface area (Å²) < 4.78 is 17.8. The predicted molar refractivity (Wildman–Crippen MR) is 114 cm³/mol. The van der Waals surface area contributed by atoms with Crippen molar-refractivity contribution in [3.05, 3.63) is 40.3 Å². The molecule has 0 aromatic carbocycles. The Labute approximate surface area is 176 Å². The second-order valence-corrected chi connectivity index (χ2v) is 9.60. The molecule has 5 nitrogen and oxygen atoms in total. The monoisotopic (exact) mass is 414 g/mol. The van der Waals surface area contributed by atoms with E-state index in [9.17, 15) is 0 Å². The molecule has 5 rings (SSSR count). The third-order valence-corrected chi connectivity index (χ3v) is 7.76. The fourth-order valence-corrected chi connectivity index (χ4v) is 6.24. The maximum atomic E-state index is 6.35. The Hall–Kier alpha value is -1.63. The van der Waals surface area contributed by atoms with Crippen molar-refractivity contribution < 1.29 is 14.2 Å². The van der Waals surface area contributed by atoms with Crippen LogP contribution in [0, 0.1) is 0 Å². The highest BCUT2D eigenvalue weighted by atomic mass is 32.1. The Morgan fingerprint density at radius 1 is 1.07 bits per heavy atom. The molecule has 2 aromatic rings. The molecule has 29 heavy (non-hydrogen) atoms. The number of nitrogens with zero attached hydrogens (tertiary/aromatic N) is 1. The van der Waals surface area contributed by atoms with Crippen LogP contribution < -0.4 is 14.8 Å². The quantitative estimate of drug-likeness (QED) is 0.708. The standard InChI is InChI=1S/C23H30N2O3S/c1-4-10-25-20(5-1)22(9-12-28-23(17-22)6-2-3-7-23)8-11-24-15-19-21-18(16-29-19)26-13-14-27-21/h1,4-5,10,16,24H,2-3,6-9,11-15,17H2. The maximum Gasteiger partial charge on any atom is 0.176 e. The van der Waals surface area contributed by atoms with E-state index in [0.717, 1.165) is 50.5 Å². The fraction of sp³-hybridized carbons (Fsp3) is 0.609. The molecular formula is C23H30N2O3S. The predicted octanol–water partition coefficient (Wildman–Crippen LogP) is 4.46. The maximum absolute atomic E-state index is 6.35. The van der Waals surface area contributed by atoms with Gasteiger partial charge < -0.3 is 19.5 Å². The summed E-state index contributed by atoms with van der Waals surface area (Å²) in [6.07, 6.45) is 10.2. The summed E-state index contributed by atoms with van der Waals surface area (Å²) in [5.74, 6) is 1.83. The molecule has 2 aromatic heterocycles. The first kappa shape index (κ1) is 19.3. The van der Waals surface area contributed by atoms with Gasteiger partial charge in [0.05, 0.1) is 10.5 Å². The molecule has 1 saturated heterocycles. The summed E-state index contributed by atoms with van der Waals surface area (Å²) >= 11 is 1.72. The summed E-state index contributed by atoms with van der Waals surface area (Å²) in [5, 5.41) is 5.72. The number of hydrogen-bond acceptors (Lipinski definition) is 6. The van der Waals surface area contributed by atoms with Gasteiger partial charge in [-0.15, -0.1) is 11.3 Å². The van der Waals surface area contributed by atoms with Crippen LogP contribution in [0.2, 0.25) is 0 Å². The van der Waals surface area contributed by atoms with E-state index in [0.29, 0.717) is 13.2 Å². The Kier molecular flexibility index (Phi) is 5.50. The van der Waals surface area contributed by atoms with E-state index in [1.54, 1.807) is 11.3 Å². The van der Waals surface area contributed by atoms with Gasteiger partial charge in [-0.1, -0.05) is 18.9 Å². The second kappa shape index (κ2) is 8.25. The fourth-order valence-electron chi connectivity index (χ4n) is 5.36. The number of rotatable bonds is 6. The summed E-state index contributed by atoms with van der Waals surface area (Å²) in [6, 6.07) is 6.36. The van der Waals surface area contributed by atoms with Crippen LogP contribution in [0.4, 0.5) is 0 Å². The van der Waals surface area contributed by atoms with Gasteiger partial charge in [-0.05, 0) is 50.8 Å². The van der Waals surface area contributed by atoms with Gasteiger partial charge in [0.25, 0.3) is 0 Å². The lowest BCUT2D eigenvalue weighted by Crippen LogP contribution is -2.47. The Balaban J connectivity index is 1.27. The van der Waals surface area contributed by atoms with E-state index in [2.05, 4.69) is 22.8 Å². The van der Waals surface area contributed by atoms with Gasteiger partial charge in [0.15, 0.2) is 11.5 Å². The minimum Gasteiger partial charge on any atom is -0.485 e. The zero-order valence-corrected chi connectivity index (χ0v) is 17.8. The third-order valence-electron chi connectivity index (χ3n) is 6.81. The van der Waals surface area contributed by atoms with Crippen molar-refractivity contribution in [1.82, 2.24) is 10.3 Å². The molecule has 4 heterocycles. The minimum atomic E-state index is 0.0772. The zero-order valence-electron chi connectivity index (χ0n) is 17.0. The summed E-state index contributed by atoms with van der Waals surface area (Å²) in [7, 11) is 0. The molecule has 1 aliphatic carbocycles. The third kappa shape index (κ3) is 3.90. The highest BCUT2D eigenvalue weighted by Gasteiger charge is 2.48. The molecule has 1 N–H and O–H groups in total. The lowest BCUT2D eigenvalue weighted by molar-refractivity contribution is -0.104. The van der Waals surface area contributed by atoms with Gasteiger partial charge in [-0.25, -0.2) is 0 Å². The largest absolute Gasteiger partial charge is 0.485 e. The number of hydrogen-bond donors (Lipinski definition) is 1. The average molecular weight is 415 g/mol. The van der Waals surface area contributed by atoms with Gasteiger partial charge >= 0.3 is 0 Å². The van der Waals surface area contributed by atoms with E-state index < -0.39 is 0 Å². The van der Waals surface area contributed by atoms with Crippen LogP contribution >= 0.6 is 11.3 Å². The molecule has 0 radical (unpaired) electrons. The van der Waals surface area contributed by atoms with Gasteiger partial charge in [-0.3, -0.25) is 4.98 Å². The average Bonchev–Trinajstić information content (AvgIpc) is 3.39. The number of aromatic nitrogens is 1. The molecule has 0 amide bonds. The summed E-state index contributed by atoms with van der Waals surface area (Å²) in [6.45, 7) is 3.91. The van der Waals surface area contributed by atoms with Crippen LogP contribution in [0.15, 0.2) is 29.8 Å². The first-order chi connectivity index (χ1) is 14.3. The van der Waals surface area contributed by atoms with Crippen LogP contribution in [-0.2, 0) is 16.7 Å². The number of nitrogens with one attached hydrogen (secondary N) is 1. The topological polar surface area (TPSA) is 52.6 Å². The number of ether oxygens (including phenoxy) is 3. The number of pyridine rings is 1. The number of thiophene rings is 1. The molecule has 1 unspecified atom stereocenters. The zero-order chi connectivity index (χ0) is 19.6. The molecule has 2 fully saturated rings. The van der Waals surface area contributed by atoms with Gasteiger partial charge in [0, 0.05) is 35.8 Å². The van der Waals surface area contributed by atoms with Crippen molar-refractivity contribution in [1.29, 1.82) is 0 Å². The van der Waals surface area contributed by atoms with Crippen LogP contribution in [0.5, 0.6) is 11.5 Å². The lowest BCUT2D eigenvalue weighted by Gasteiger charge is -2.46. The molecule has 1 atom stereocenters. The molecular weight excluding hydrogens is 384 g/mol. The van der Waals surface area contributed by atoms with Crippen molar-refractivity contribution in [3.63, 3.8) is 0 Å². The van der Waals surface area contributed by atoms with Crippen molar-refractivity contribution in [2.24, 2.45) is 0 Å². The van der Waals surface area contributed by atoms with Crippen LogP contribution in [0.25, 0.3) is 0 Å². The van der Waals surface area contributed by atoms with E-state index in [1.807, 2.05) is 12.3 Å². The lowest BCUT2D eigenvalue weighted by atomic mass is 9.68. The van der Waals surface area contributed by atoms with E-state index in [4.69, 9.17) is 19.2 Å². The van der Waals surface area contributed by atoms with Crippen LogP contribution in [0.3, 0.4) is 0 Å². The van der Waals surface area contributed by atoms with E-state index in [1.165, 1.54) is 36.3 Å². The molecule has 156 valence electrons. The van der Waals surface area contributed by atoms with Crippen LogP contribution in [0.1, 0.15) is 55.5 Å². The molecule has 6 heteroatoms. The van der Waals surface area contributed by atoms with Crippen molar-refractivity contribution in [2.45, 2.75) is 62.5 Å². The van der Waals surface area contributed by atoms with Gasteiger partial charge in [0.2, 0.25) is 0 Å². The SMILES string of the molecule is c1ccc(C2(CCNCc3scc4c3OCCO4)CCOC3(CCCC3)C2)nc1. The number of fused-ring (bicyclic) bond motifs is 1. The first-order valence-corrected chi connectivity index (χ1v) is 11.8. The second-order valence-electron chi connectivity index (χ2n) is 8.64. The smallest absolute Gasteiger partial charge is 0.176 e. The van der Waals surface area contributed by atoms with Gasteiger partial charge in [0.1, 0.15) is 13.2 Å². The summed E-state index contributed by atoms with van der Waals surface area (Å²) in [5.41, 5.74) is 1.42. The van der Waals surface area contributed by atoms with Crippen molar-refractivity contribution >= 4 is 11.3 Å². The van der Waals surface area contributed by atoms with Gasteiger partial charge in [-0.2, -0.15) is 0 Å². The molecule has 1 spiro atoms. The van der Waals surface area contributed by atoms with Crippen LogP contribution in [-0.4, -0.2) is 37.0 Å². The summed E-state index contributed by atoms with van der Waals surface area (Å²) in [4.78, 5) is 6.03.